The lowest BCUT2D eigenvalue weighted by atomic mass is 9.94. The molecule has 1 aromatic carbocycles. The van der Waals surface area contributed by atoms with Gasteiger partial charge in [-0.25, -0.2) is 4.39 Å². The number of hydrogen-bond acceptors (Lipinski definition) is 2. The van der Waals surface area contributed by atoms with E-state index in [1.807, 2.05) is 0 Å². The van der Waals surface area contributed by atoms with Gasteiger partial charge in [0.15, 0.2) is 4.77 Å². The lowest BCUT2D eigenvalue weighted by Crippen LogP contribution is -2.39. The molecule has 1 fully saturated rings. The molecule has 0 amide bonds. The van der Waals surface area contributed by atoms with Gasteiger partial charge >= 0.3 is 0 Å². The van der Waals surface area contributed by atoms with E-state index in [4.69, 9.17) is 17.0 Å². The Kier molecular flexibility index (Phi) is 3.27. The number of aromatic nitrogens is 2. The van der Waals surface area contributed by atoms with Crippen LogP contribution < -0.4 is 0 Å². The van der Waals surface area contributed by atoms with E-state index in [0.29, 0.717) is 15.9 Å². The molecule has 0 radical (unpaired) electrons. The Labute approximate surface area is 123 Å². The van der Waals surface area contributed by atoms with Crippen molar-refractivity contribution in [2.45, 2.75) is 25.3 Å². The first-order valence-electron chi connectivity index (χ1n) is 6.19. The molecule has 0 bridgehead atoms. The highest BCUT2D eigenvalue weighted by Crippen LogP contribution is 2.32. The first-order chi connectivity index (χ1) is 9.01. The molecule has 1 saturated heterocycles. The van der Waals surface area contributed by atoms with Gasteiger partial charge in [-0.1, -0.05) is 0 Å². The van der Waals surface area contributed by atoms with Crippen molar-refractivity contribution in [1.82, 2.24) is 9.55 Å². The smallest absolute Gasteiger partial charge is 0.178 e. The van der Waals surface area contributed by atoms with E-state index in [0.717, 1.165) is 30.5 Å². The molecule has 2 heterocycles. The fraction of sp³-hybridized carbons (Fsp3) is 0.462. The molecule has 19 heavy (non-hydrogen) atoms. The summed E-state index contributed by atoms with van der Waals surface area (Å²) in [6.07, 6.45) is 2.01. The largest absolute Gasteiger partial charge is 0.379 e. The van der Waals surface area contributed by atoms with E-state index in [-0.39, 0.29) is 11.4 Å². The van der Waals surface area contributed by atoms with Crippen molar-refractivity contribution in [3.05, 3.63) is 27.2 Å². The van der Waals surface area contributed by atoms with Gasteiger partial charge in [0, 0.05) is 12.7 Å². The minimum atomic E-state index is -0.291. The van der Waals surface area contributed by atoms with Crippen LogP contribution in [0.15, 0.2) is 16.6 Å². The number of benzene rings is 1. The van der Waals surface area contributed by atoms with Gasteiger partial charge in [-0.3, -0.25) is 0 Å². The second-order valence-corrected chi connectivity index (χ2v) is 6.44. The number of imidazole rings is 1. The maximum atomic E-state index is 13.6. The van der Waals surface area contributed by atoms with Crippen molar-refractivity contribution in [3.63, 3.8) is 0 Å². The maximum Gasteiger partial charge on any atom is 0.178 e. The predicted octanol–water partition coefficient (Wildman–Crippen LogP) is 4.13. The molecule has 0 spiro atoms. The van der Waals surface area contributed by atoms with Crippen LogP contribution in [-0.4, -0.2) is 22.8 Å². The van der Waals surface area contributed by atoms with Gasteiger partial charge < -0.3 is 14.3 Å². The number of aromatic amines is 1. The van der Waals surface area contributed by atoms with E-state index >= 15 is 0 Å². The number of fused-ring (bicyclic) bond motifs is 1. The van der Waals surface area contributed by atoms with Gasteiger partial charge in [-0.2, -0.15) is 0 Å². The van der Waals surface area contributed by atoms with Crippen molar-refractivity contribution < 1.29 is 9.13 Å². The molecule has 102 valence electrons. The van der Waals surface area contributed by atoms with Gasteiger partial charge in [-0.05, 0) is 54.0 Å². The second-order valence-electron chi connectivity index (χ2n) is 5.20. The molecule has 0 aliphatic carbocycles. The summed E-state index contributed by atoms with van der Waals surface area (Å²) in [6, 6.07) is 3.25. The number of ether oxygens (including phenoxy) is 1. The molecule has 1 aliphatic heterocycles. The number of halogens is 2. The number of H-pyrrole nitrogens is 1. The van der Waals surface area contributed by atoms with E-state index in [1.165, 1.54) is 6.07 Å². The molecule has 2 aromatic rings. The van der Waals surface area contributed by atoms with Crippen LogP contribution in [0.2, 0.25) is 0 Å². The van der Waals surface area contributed by atoms with Crippen LogP contribution in [0.4, 0.5) is 4.39 Å². The van der Waals surface area contributed by atoms with Crippen molar-refractivity contribution in [1.29, 1.82) is 0 Å². The molecule has 1 aliphatic rings. The van der Waals surface area contributed by atoms with Crippen molar-refractivity contribution >= 4 is 39.2 Å². The Morgan fingerprint density at radius 2 is 2.32 bits per heavy atom. The molecule has 1 unspecified atom stereocenters. The highest BCUT2D eigenvalue weighted by molar-refractivity contribution is 9.10. The Balaban J connectivity index is 2.25. The third-order valence-corrected chi connectivity index (χ3v) is 4.57. The van der Waals surface area contributed by atoms with Crippen LogP contribution in [0.1, 0.15) is 19.8 Å². The van der Waals surface area contributed by atoms with Crippen LogP contribution in [0, 0.1) is 10.6 Å². The van der Waals surface area contributed by atoms with Gasteiger partial charge in [-0.15, -0.1) is 0 Å². The van der Waals surface area contributed by atoms with Crippen LogP contribution in [0.25, 0.3) is 11.0 Å². The molecular formula is C13H14BrFN2OS. The number of nitrogens with one attached hydrogen (secondary N) is 1. The highest BCUT2D eigenvalue weighted by atomic mass is 79.9. The Hall–Kier alpha value is -0.720. The summed E-state index contributed by atoms with van der Waals surface area (Å²) >= 11 is 8.64. The monoisotopic (exact) mass is 344 g/mol. The standard InChI is InChI=1S/C13H14BrFN2OS/c1-13(3-2-4-18-7-13)17-11-5-8(14)9(15)6-10(11)16-12(17)19/h5-6H,2-4,7H2,1H3,(H,16,19). The number of nitrogens with zero attached hydrogens (tertiary/aromatic N) is 1. The number of rotatable bonds is 1. The molecule has 1 aromatic heterocycles. The first kappa shape index (κ1) is 13.3. The third-order valence-electron chi connectivity index (χ3n) is 3.68. The second kappa shape index (κ2) is 4.68. The molecule has 3 nitrogen and oxygen atoms in total. The molecule has 3 rings (SSSR count). The normalized spacial score (nSPS) is 23.9. The van der Waals surface area contributed by atoms with E-state index < -0.39 is 0 Å². The molecule has 6 heteroatoms. The fourth-order valence-corrected chi connectivity index (χ4v) is 3.49. The molecule has 0 saturated carbocycles. The topological polar surface area (TPSA) is 29.9 Å². The molecular weight excluding hydrogens is 331 g/mol. The van der Waals surface area contributed by atoms with Gasteiger partial charge in [0.1, 0.15) is 5.82 Å². The van der Waals surface area contributed by atoms with Gasteiger partial charge in [0.25, 0.3) is 0 Å². The summed E-state index contributed by atoms with van der Waals surface area (Å²) in [6.45, 7) is 3.55. The van der Waals surface area contributed by atoms with Crippen molar-refractivity contribution in [2.24, 2.45) is 0 Å². The van der Waals surface area contributed by atoms with Crippen LogP contribution in [-0.2, 0) is 10.3 Å². The minimum Gasteiger partial charge on any atom is -0.379 e. The summed E-state index contributed by atoms with van der Waals surface area (Å²) in [7, 11) is 0. The maximum absolute atomic E-state index is 13.6. The predicted molar refractivity (Wildman–Crippen MR) is 78.5 cm³/mol. The summed E-state index contributed by atoms with van der Waals surface area (Å²) < 4.78 is 22.3. The van der Waals surface area contributed by atoms with Gasteiger partial charge in [0.2, 0.25) is 0 Å². The number of hydrogen-bond donors (Lipinski definition) is 1. The zero-order chi connectivity index (χ0) is 13.6. The fourth-order valence-electron chi connectivity index (χ4n) is 2.73. The summed E-state index contributed by atoms with van der Waals surface area (Å²) in [5, 5.41) is 0. The quantitative estimate of drug-likeness (QED) is 0.788. The average Bonchev–Trinajstić information content (AvgIpc) is 2.67. The summed E-state index contributed by atoms with van der Waals surface area (Å²) in [4.78, 5) is 3.08. The van der Waals surface area contributed by atoms with E-state index in [9.17, 15) is 4.39 Å². The van der Waals surface area contributed by atoms with Gasteiger partial charge in [0.05, 0.1) is 27.7 Å². The van der Waals surface area contributed by atoms with Crippen molar-refractivity contribution in [2.75, 3.05) is 13.2 Å². The molecule has 1 N–H and O–H groups in total. The van der Waals surface area contributed by atoms with E-state index in [2.05, 4.69) is 32.4 Å². The van der Waals surface area contributed by atoms with Crippen molar-refractivity contribution in [3.8, 4) is 0 Å². The molecule has 1 atom stereocenters. The third kappa shape index (κ3) is 2.15. The SMILES string of the molecule is CC1(n2c(=S)[nH]c3cc(F)c(Br)cc32)CCCOC1. The minimum absolute atomic E-state index is 0.176. The Morgan fingerprint density at radius 1 is 1.53 bits per heavy atom. The van der Waals surface area contributed by atoms with Crippen LogP contribution >= 0.6 is 28.1 Å². The lowest BCUT2D eigenvalue weighted by Gasteiger charge is -2.35. The highest BCUT2D eigenvalue weighted by Gasteiger charge is 2.31. The first-order valence-corrected chi connectivity index (χ1v) is 7.39. The zero-order valence-corrected chi connectivity index (χ0v) is 12.9. The summed E-state index contributed by atoms with van der Waals surface area (Å²) in [5.41, 5.74) is 1.45. The van der Waals surface area contributed by atoms with Crippen LogP contribution in [0.3, 0.4) is 0 Å². The average molecular weight is 345 g/mol. The van der Waals surface area contributed by atoms with Crippen LogP contribution in [0.5, 0.6) is 0 Å². The summed E-state index contributed by atoms with van der Waals surface area (Å²) in [5.74, 6) is -0.291. The Morgan fingerprint density at radius 3 is 3.00 bits per heavy atom. The lowest BCUT2D eigenvalue weighted by molar-refractivity contribution is 0.0108. The zero-order valence-electron chi connectivity index (χ0n) is 10.5. The van der Waals surface area contributed by atoms with E-state index in [1.54, 1.807) is 6.07 Å². The Bertz CT molecular complexity index is 688.